The largest absolute Gasteiger partial charge is 0.198 e. The highest BCUT2D eigenvalue weighted by atomic mass is 14.3. The zero-order chi connectivity index (χ0) is 6.57. The summed E-state index contributed by atoms with van der Waals surface area (Å²) in [5.74, 6) is 0.424. The summed E-state index contributed by atoms with van der Waals surface area (Å²) in [6.45, 7) is 7.46. The molecule has 0 spiro atoms. The van der Waals surface area contributed by atoms with Crippen molar-refractivity contribution in [3.8, 4) is 6.07 Å². The molecule has 0 aliphatic carbocycles. The van der Waals surface area contributed by atoms with Crippen molar-refractivity contribution in [2.75, 3.05) is 0 Å². The minimum Gasteiger partial charge on any atom is -0.198 e. The third kappa shape index (κ3) is 1.79. The molecule has 0 saturated heterocycles. The average molecular weight is 109 g/mol. The smallest absolute Gasteiger partial charge is 0.0658 e. The number of rotatable bonds is 2. The van der Waals surface area contributed by atoms with E-state index in [9.17, 15) is 0 Å². The Balaban J connectivity index is 3.66. The Morgan fingerprint density at radius 1 is 1.62 bits per heavy atom. The van der Waals surface area contributed by atoms with E-state index < -0.39 is 0 Å². The third-order valence-electron chi connectivity index (χ3n) is 1.36. The van der Waals surface area contributed by atoms with E-state index >= 15 is 0 Å². The van der Waals surface area contributed by atoms with E-state index in [2.05, 4.69) is 12.6 Å². The fraction of sp³-hybridized carbons (Fsp3) is 0.571. The van der Waals surface area contributed by atoms with Gasteiger partial charge in [-0.15, -0.1) is 6.58 Å². The fourth-order valence-electron chi connectivity index (χ4n) is 0.322. The van der Waals surface area contributed by atoms with E-state index in [-0.39, 0.29) is 5.92 Å². The zero-order valence-electron chi connectivity index (χ0n) is 5.39. The molecule has 0 aromatic carbocycles. The first-order valence-corrected chi connectivity index (χ1v) is 2.74. The fourth-order valence-corrected chi connectivity index (χ4v) is 0.322. The molecule has 0 fully saturated rings. The van der Waals surface area contributed by atoms with Gasteiger partial charge in [-0.2, -0.15) is 5.26 Å². The summed E-state index contributed by atoms with van der Waals surface area (Å²) in [5, 5.41) is 8.34. The van der Waals surface area contributed by atoms with E-state index in [1.807, 2.05) is 13.8 Å². The molecule has 0 unspecified atom stereocenters. The molecule has 0 N–H and O–H groups in total. The number of nitrogens with zero attached hydrogens (tertiary/aromatic N) is 1. The highest BCUT2D eigenvalue weighted by Gasteiger charge is 2.04. The van der Waals surface area contributed by atoms with Crippen LogP contribution < -0.4 is 0 Å². The first kappa shape index (κ1) is 7.23. The molecule has 1 heteroatoms. The van der Waals surface area contributed by atoms with Gasteiger partial charge in [0.1, 0.15) is 0 Å². The number of nitriles is 1. The molecule has 0 aliphatic heterocycles. The molecule has 0 aromatic heterocycles. The Morgan fingerprint density at radius 2 is 2.12 bits per heavy atom. The minimum absolute atomic E-state index is 0.104. The predicted molar refractivity (Wildman–Crippen MR) is 34.1 cm³/mol. The molecule has 0 amide bonds. The van der Waals surface area contributed by atoms with E-state index in [1.54, 1.807) is 6.08 Å². The van der Waals surface area contributed by atoms with Crippen LogP contribution in [0.1, 0.15) is 13.8 Å². The standard InChI is InChI=1S/C7H11N/c1-4-6(2)7(3)5-8/h4,6-7H,1H2,2-3H3/t6-,7+/m1/s1. The summed E-state index contributed by atoms with van der Waals surface area (Å²) >= 11 is 0. The van der Waals surface area contributed by atoms with E-state index in [0.29, 0.717) is 5.92 Å². The van der Waals surface area contributed by atoms with Gasteiger partial charge in [0, 0.05) is 5.92 Å². The van der Waals surface area contributed by atoms with Gasteiger partial charge in [-0.1, -0.05) is 13.0 Å². The van der Waals surface area contributed by atoms with Crippen molar-refractivity contribution in [1.82, 2.24) is 0 Å². The maximum absolute atomic E-state index is 8.34. The van der Waals surface area contributed by atoms with Crippen LogP contribution in [-0.2, 0) is 0 Å². The van der Waals surface area contributed by atoms with Crippen molar-refractivity contribution in [2.24, 2.45) is 11.8 Å². The highest BCUT2D eigenvalue weighted by molar-refractivity contribution is 4.90. The van der Waals surface area contributed by atoms with Crippen molar-refractivity contribution >= 4 is 0 Å². The summed E-state index contributed by atoms with van der Waals surface area (Å²) in [5.41, 5.74) is 0. The summed E-state index contributed by atoms with van der Waals surface area (Å²) < 4.78 is 0. The topological polar surface area (TPSA) is 23.8 Å². The molecule has 0 aromatic rings. The second-order valence-corrected chi connectivity index (χ2v) is 2.01. The molecule has 0 radical (unpaired) electrons. The van der Waals surface area contributed by atoms with Crippen molar-refractivity contribution in [3.63, 3.8) is 0 Å². The molecule has 1 nitrogen and oxygen atoms in total. The van der Waals surface area contributed by atoms with Crippen LogP contribution in [0.2, 0.25) is 0 Å². The van der Waals surface area contributed by atoms with Gasteiger partial charge in [-0.3, -0.25) is 0 Å². The molecule has 0 bridgehead atoms. The van der Waals surface area contributed by atoms with Gasteiger partial charge in [-0.25, -0.2) is 0 Å². The Hall–Kier alpha value is -0.770. The SMILES string of the molecule is C=C[C@@H](C)[C@@H](C)C#N. The monoisotopic (exact) mass is 109 g/mol. The van der Waals surface area contributed by atoms with Gasteiger partial charge in [0.2, 0.25) is 0 Å². The summed E-state index contributed by atoms with van der Waals surface area (Å²) in [4.78, 5) is 0. The maximum atomic E-state index is 8.34. The zero-order valence-corrected chi connectivity index (χ0v) is 5.39. The van der Waals surface area contributed by atoms with Gasteiger partial charge in [0.25, 0.3) is 0 Å². The number of allylic oxidation sites excluding steroid dienone is 1. The Kier molecular flexibility index (Phi) is 2.95. The van der Waals surface area contributed by atoms with E-state index in [1.165, 1.54) is 0 Å². The molecule has 0 heterocycles. The maximum Gasteiger partial charge on any atom is 0.0658 e. The molecule has 0 aliphatic rings. The van der Waals surface area contributed by atoms with Gasteiger partial charge in [0.15, 0.2) is 0 Å². The molecule has 44 valence electrons. The van der Waals surface area contributed by atoms with Gasteiger partial charge in [0.05, 0.1) is 6.07 Å². The molecule has 0 saturated carbocycles. The van der Waals surface area contributed by atoms with Crippen molar-refractivity contribution in [2.45, 2.75) is 13.8 Å². The first-order chi connectivity index (χ1) is 3.72. The molecule has 0 rings (SSSR count). The second-order valence-electron chi connectivity index (χ2n) is 2.01. The number of hydrogen-bond acceptors (Lipinski definition) is 1. The second kappa shape index (κ2) is 3.26. The highest BCUT2D eigenvalue weighted by Crippen LogP contribution is 2.08. The van der Waals surface area contributed by atoms with Crippen LogP contribution in [0.5, 0.6) is 0 Å². The van der Waals surface area contributed by atoms with E-state index in [4.69, 9.17) is 5.26 Å². The quantitative estimate of drug-likeness (QED) is 0.497. The van der Waals surface area contributed by atoms with Crippen LogP contribution in [0.4, 0.5) is 0 Å². The molecule has 8 heavy (non-hydrogen) atoms. The van der Waals surface area contributed by atoms with Crippen molar-refractivity contribution in [1.29, 1.82) is 5.26 Å². The lowest BCUT2D eigenvalue weighted by Crippen LogP contribution is -2.00. The molecular formula is C7H11N. The van der Waals surface area contributed by atoms with Crippen molar-refractivity contribution in [3.05, 3.63) is 12.7 Å². The van der Waals surface area contributed by atoms with Gasteiger partial charge < -0.3 is 0 Å². The Bertz CT molecular complexity index is 110. The van der Waals surface area contributed by atoms with Crippen LogP contribution in [0.25, 0.3) is 0 Å². The van der Waals surface area contributed by atoms with Crippen LogP contribution >= 0.6 is 0 Å². The lowest BCUT2D eigenvalue weighted by atomic mass is 9.98. The van der Waals surface area contributed by atoms with Gasteiger partial charge >= 0.3 is 0 Å². The lowest BCUT2D eigenvalue weighted by molar-refractivity contribution is 0.571. The normalized spacial score (nSPS) is 16.1. The predicted octanol–water partition coefficient (Wildman–Crippen LogP) is 1.97. The third-order valence-corrected chi connectivity index (χ3v) is 1.36. The Labute approximate surface area is 50.6 Å². The van der Waals surface area contributed by atoms with Crippen LogP contribution in [0.15, 0.2) is 12.7 Å². The lowest BCUT2D eigenvalue weighted by Gasteiger charge is -2.04. The number of hydrogen-bond donors (Lipinski definition) is 0. The van der Waals surface area contributed by atoms with Crippen LogP contribution in [-0.4, -0.2) is 0 Å². The van der Waals surface area contributed by atoms with Crippen LogP contribution in [0.3, 0.4) is 0 Å². The van der Waals surface area contributed by atoms with Crippen LogP contribution in [0, 0.1) is 23.2 Å². The average Bonchev–Trinajstić information content (AvgIpc) is 1.84. The van der Waals surface area contributed by atoms with Gasteiger partial charge in [-0.05, 0) is 12.8 Å². The molecular weight excluding hydrogens is 98.1 g/mol. The minimum atomic E-state index is 0.104. The first-order valence-electron chi connectivity index (χ1n) is 2.74. The summed E-state index contributed by atoms with van der Waals surface area (Å²) in [6.07, 6.45) is 1.80. The van der Waals surface area contributed by atoms with E-state index in [0.717, 1.165) is 0 Å². The Morgan fingerprint density at radius 3 is 2.25 bits per heavy atom. The van der Waals surface area contributed by atoms with Crippen molar-refractivity contribution < 1.29 is 0 Å². The molecule has 2 atom stereocenters. The summed E-state index contributed by atoms with van der Waals surface area (Å²) in [6, 6.07) is 2.14. The summed E-state index contributed by atoms with van der Waals surface area (Å²) in [7, 11) is 0.